The Hall–Kier alpha value is -2.89. The van der Waals surface area contributed by atoms with Gasteiger partial charge in [0.1, 0.15) is 5.56 Å². The van der Waals surface area contributed by atoms with Crippen molar-refractivity contribution in [2.45, 2.75) is 0 Å². The van der Waals surface area contributed by atoms with Crippen LogP contribution in [-0.4, -0.2) is 15.6 Å². The number of carbonyl (C=O) groups is 1. The highest BCUT2D eigenvalue weighted by Gasteiger charge is 2.24. The Morgan fingerprint density at radius 3 is 2.35 bits per heavy atom. The Labute approximate surface area is 158 Å². The predicted molar refractivity (Wildman–Crippen MR) is 105 cm³/mol. The number of halogens is 1. The van der Waals surface area contributed by atoms with Crippen LogP contribution in [0.4, 0.5) is 0 Å². The molecule has 0 spiro atoms. The van der Waals surface area contributed by atoms with Gasteiger partial charge in [0.2, 0.25) is 5.78 Å². The molecule has 4 rings (SSSR count). The highest BCUT2D eigenvalue weighted by atomic mass is 35.5. The van der Waals surface area contributed by atoms with Crippen LogP contribution in [-0.2, 0) is 0 Å². The molecule has 6 heteroatoms. The number of hydrogen-bond acceptors (Lipinski definition) is 3. The van der Waals surface area contributed by atoms with E-state index in [9.17, 15) is 9.59 Å². The van der Waals surface area contributed by atoms with E-state index in [1.807, 2.05) is 35.7 Å². The van der Waals surface area contributed by atoms with Gasteiger partial charge in [-0.3, -0.25) is 14.7 Å². The molecule has 0 amide bonds. The lowest BCUT2D eigenvalue weighted by Crippen LogP contribution is -2.20. The number of aromatic amines is 1. The van der Waals surface area contributed by atoms with Gasteiger partial charge in [0.15, 0.2) is 0 Å². The summed E-state index contributed by atoms with van der Waals surface area (Å²) in [5.74, 6) is -0.284. The average Bonchev–Trinajstić information content (AvgIpc) is 3.31. The molecule has 0 radical (unpaired) electrons. The maximum atomic E-state index is 13.1. The van der Waals surface area contributed by atoms with E-state index in [0.29, 0.717) is 21.3 Å². The molecule has 4 aromatic rings. The number of thiophene rings is 1. The molecule has 26 heavy (non-hydrogen) atoms. The number of ketones is 1. The third-order valence-electron chi connectivity index (χ3n) is 4.01. The summed E-state index contributed by atoms with van der Waals surface area (Å²) >= 11 is 7.26. The second-order valence-corrected chi connectivity index (χ2v) is 7.04. The van der Waals surface area contributed by atoms with Crippen LogP contribution in [0.2, 0.25) is 5.02 Å². The number of nitrogens with zero attached hydrogens (tertiary/aromatic N) is 1. The predicted octanol–water partition coefficient (Wildman–Crippen LogP) is 4.78. The molecule has 2 aromatic heterocycles. The summed E-state index contributed by atoms with van der Waals surface area (Å²) in [4.78, 5) is 26.6. The molecule has 2 aromatic carbocycles. The molecule has 1 N–H and O–H groups in total. The minimum Gasteiger partial charge on any atom is -0.290 e. The zero-order valence-corrected chi connectivity index (χ0v) is 15.1. The number of H-pyrrole nitrogens is 1. The highest BCUT2D eigenvalue weighted by molar-refractivity contribution is 7.12. The molecule has 2 heterocycles. The molecule has 0 unspecified atom stereocenters. The number of nitrogens with one attached hydrogen (secondary N) is 1. The number of carbonyl (C=O) groups excluding carboxylic acids is 1. The Balaban J connectivity index is 1.95. The quantitative estimate of drug-likeness (QED) is 0.518. The molecule has 128 valence electrons. The summed E-state index contributed by atoms with van der Waals surface area (Å²) in [7, 11) is 0. The van der Waals surface area contributed by atoms with Gasteiger partial charge in [-0.05, 0) is 35.7 Å². The minimum absolute atomic E-state index is 0.133. The lowest BCUT2D eigenvalue weighted by Gasteiger charge is -2.02. The fourth-order valence-corrected chi connectivity index (χ4v) is 3.56. The summed E-state index contributed by atoms with van der Waals surface area (Å²) in [5, 5.41) is 5.48. The SMILES string of the molecule is O=C(c1cccs1)c1c(-c2ccccc2)[nH]n(-c2ccc(Cl)cc2)c1=O. The van der Waals surface area contributed by atoms with Gasteiger partial charge < -0.3 is 0 Å². The number of aromatic nitrogens is 2. The van der Waals surface area contributed by atoms with Crippen LogP contribution >= 0.6 is 22.9 Å². The van der Waals surface area contributed by atoms with Crippen molar-refractivity contribution in [1.29, 1.82) is 0 Å². The van der Waals surface area contributed by atoms with E-state index in [1.165, 1.54) is 16.0 Å². The molecule has 0 saturated carbocycles. The zero-order chi connectivity index (χ0) is 18.1. The number of benzene rings is 2. The first-order valence-electron chi connectivity index (χ1n) is 7.90. The molecule has 4 nitrogen and oxygen atoms in total. The monoisotopic (exact) mass is 380 g/mol. The van der Waals surface area contributed by atoms with Gasteiger partial charge >= 0.3 is 0 Å². The van der Waals surface area contributed by atoms with E-state index < -0.39 is 0 Å². The number of hydrogen-bond donors (Lipinski definition) is 1. The van der Waals surface area contributed by atoms with Gasteiger partial charge in [0, 0.05) is 10.6 Å². The summed E-state index contributed by atoms with van der Waals surface area (Å²) in [6.07, 6.45) is 0. The van der Waals surface area contributed by atoms with Gasteiger partial charge in [0.05, 0.1) is 16.3 Å². The third-order valence-corrected chi connectivity index (χ3v) is 5.13. The number of rotatable bonds is 4. The molecule has 0 bridgehead atoms. The third kappa shape index (κ3) is 2.92. The largest absolute Gasteiger partial charge is 0.290 e. The van der Waals surface area contributed by atoms with Crippen LogP contribution in [0.25, 0.3) is 16.9 Å². The fraction of sp³-hybridized carbons (Fsp3) is 0. The van der Waals surface area contributed by atoms with Crippen molar-refractivity contribution in [1.82, 2.24) is 9.78 Å². The lowest BCUT2D eigenvalue weighted by molar-refractivity contribution is 0.104. The first kappa shape index (κ1) is 16.6. The van der Waals surface area contributed by atoms with E-state index in [0.717, 1.165) is 5.56 Å². The molecule has 0 aliphatic heterocycles. The van der Waals surface area contributed by atoms with Crippen LogP contribution in [0, 0.1) is 0 Å². The Morgan fingerprint density at radius 1 is 0.962 bits per heavy atom. The molecule has 0 atom stereocenters. The molecule has 0 saturated heterocycles. The standard InChI is InChI=1S/C20H13ClN2O2S/c21-14-8-10-15(11-9-14)23-20(25)17(19(24)16-7-4-12-26-16)18(22-23)13-5-2-1-3-6-13/h1-12,22H. The molecular formula is C20H13ClN2O2S. The van der Waals surface area contributed by atoms with Crippen molar-refractivity contribution >= 4 is 28.7 Å². The van der Waals surface area contributed by atoms with Crippen LogP contribution in [0.5, 0.6) is 0 Å². The maximum absolute atomic E-state index is 13.1. The first-order chi connectivity index (χ1) is 12.6. The van der Waals surface area contributed by atoms with E-state index >= 15 is 0 Å². The lowest BCUT2D eigenvalue weighted by atomic mass is 10.0. The van der Waals surface area contributed by atoms with Gasteiger partial charge in [0.25, 0.3) is 5.56 Å². The Morgan fingerprint density at radius 2 is 1.69 bits per heavy atom. The second kappa shape index (κ2) is 6.78. The van der Waals surface area contributed by atoms with Crippen LogP contribution in [0.1, 0.15) is 15.2 Å². The molecule has 0 aliphatic rings. The normalized spacial score (nSPS) is 10.8. The van der Waals surface area contributed by atoms with Crippen LogP contribution in [0.15, 0.2) is 76.9 Å². The molecule has 0 aliphatic carbocycles. The van der Waals surface area contributed by atoms with Crippen LogP contribution < -0.4 is 5.56 Å². The van der Waals surface area contributed by atoms with Crippen molar-refractivity contribution in [3.8, 4) is 16.9 Å². The Bertz CT molecular complexity index is 1110. The summed E-state index contributed by atoms with van der Waals surface area (Å²) in [5.41, 5.74) is 1.64. The maximum Gasteiger partial charge on any atom is 0.283 e. The summed E-state index contributed by atoms with van der Waals surface area (Å²) in [6, 6.07) is 19.7. The average molecular weight is 381 g/mol. The van der Waals surface area contributed by atoms with Gasteiger partial charge in [-0.25, -0.2) is 4.68 Å². The molecular weight excluding hydrogens is 368 g/mol. The smallest absolute Gasteiger partial charge is 0.283 e. The van der Waals surface area contributed by atoms with Crippen molar-refractivity contribution < 1.29 is 4.79 Å². The van der Waals surface area contributed by atoms with Gasteiger partial charge in [-0.2, -0.15) is 0 Å². The molecule has 0 fully saturated rings. The highest BCUT2D eigenvalue weighted by Crippen LogP contribution is 2.24. The van der Waals surface area contributed by atoms with E-state index in [1.54, 1.807) is 36.4 Å². The summed E-state index contributed by atoms with van der Waals surface area (Å²) < 4.78 is 1.37. The van der Waals surface area contributed by atoms with Gasteiger partial charge in [-0.15, -0.1) is 11.3 Å². The second-order valence-electron chi connectivity index (χ2n) is 5.65. The van der Waals surface area contributed by atoms with Crippen molar-refractivity contribution in [2.75, 3.05) is 0 Å². The van der Waals surface area contributed by atoms with Gasteiger partial charge in [-0.1, -0.05) is 48.0 Å². The van der Waals surface area contributed by atoms with E-state index in [2.05, 4.69) is 5.10 Å². The Kier molecular flexibility index (Phi) is 4.32. The van der Waals surface area contributed by atoms with Crippen molar-refractivity contribution in [3.05, 3.63) is 97.9 Å². The van der Waals surface area contributed by atoms with Crippen molar-refractivity contribution in [2.24, 2.45) is 0 Å². The summed E-state index contributed by atoms with van der Waals surface area (Å²) in [6.45, 7) is 0. The zero-order valence-electron chi connectivity index (χ0n) is 13.5. The topological polar surface area (TPSA) is 54.9 Å². The van der Waals surface area contributed by atoms with Crippen LogP contribution in [0.3, 0.4) is 0 Å². The van der Waals surface area contributed by atoms with E-state index in [4.69, 9.17) is 11.6 Å². The minimum atomic E-state index is -0.385. The fourth-order valence-electron chi connectivity index (χ4n) is 2.76. The van der Waals surface area contributed by atoms with Crippen molar-refractivity contribution in [3.63, 3.8) is 0 Å². The first-order valence-corrected chi connectivity index (χ1v) is 9.15. The van der Waals surface area contributed by atoms with E-state index in [-0.39, 0.29) is 16.9 Å².